The monoisotopic (exact) mass is 237 g/mol. The topological polar surface area (TPSA) is 78.0 Å². The van der Waals surface area contributed by atoms with Crippen molar-refractivity contribution in [3.05, 3.63) is 29.8 Å². The zero-order valence-corrected chi connectivity index (χ0v) is 9.82. The maximum atomic E-state index is 10.2. The number of aliphatic hydroxyl groups is 1. The standard InChI is InChI=1S/C10H15N5O2/c1-14-12-7-8(13-14)10(16)9-3-4-11-15(9)5-6-17-2/h3-4,7,10,16H,5-6H2,1-2H3. The molecule has 2 aromatic rings. The fourth-order valence-corrected chi connectivity index (χ4v) is 1.58. The fourth-order valence-electron chi connectivity index (χ4n) is 1.58. The van der Waals surface area contributed by atoms with Crippen LogP contribution >= 0.6 is 0 Å². The van der Waals surface area contributed by atoms with Crippen molar-refractivity contribution < 1.29 is 9.84 Å². The van der Waals surface area contributed by atoms with Crippen LogP contribution in [0.15, 0.2) is 18.5 Å². The summed E-state index contributed by atoms with van der Waals surface area (Å²) in [5.41, 5.74) is 1.19. The van der Waals surface area contributed by atoms with Crippen molar-refractivity contribution in [3.63, 3.8) is 0 Å². The average Bonchev–Trinajstić information content (AvgIpc) is 2.94. The summed E-state index contributed by atoms with van der Waals surface area (Å²) in [5.74, 6) is 0. The number of methoxy groups -OCH3 is 1. The molecule has 1 atom stereocenters. The van der Waals surface area contributed by atoms with Crippen LogP contribution in [0.25, 0.3) is 0 Å². The normalized spacial score (nSPS) is 12.9. The number of ether oxygens (including phenoxy) is 1. The highest BCUT2D eigenvalue weighted by molar-refractivity contribution is 5.15. The first kappa shape index (κ1) is 11.7. The zero-order valence-electron chi connectivity index (χ0n) is 9.82. The fraction of sp³-hybridized carbons (Fsp3) is 0.500. The van der Waals surface area contributed by atoms with Gasteiger partial charge >= 0.3 is 0 Å². The van der Waals surface area contributed by atoms with Gasteiger partial charge in [-0.3, -0.25) is 4.68 Å². The van der Waals surface area contributed by atoms with Gasteiger partial charge in [0, 0.05) is 20.4 Å². The first-order chi connectivity index (χ1) is 8.22. The Morgan fingerprint density at radius 3 is 2.94 bits per heavy atom. The Kier molecular flexibility index (Phi) is 3.50. The molecular formula is C10H15N5O2. The Hall–Kier alpha value is -1.73. The molecule has 2 rings (SSSR count). The van der Waals surface area contributed by atoms with Gasteiger partial charge < -0.3 is 9.84 Å². The summed E-state index contributed by atoms with van der Waals surface area (Å²) >= 11 is 0. The van der Waals surface area contributed by atoms with Crippen LogP contribution in [0.4, 0.5) is 0 Å². The summed E-state index contributed by atoms with van der Waals surface area (Å²) in [6.07, 6.45) is 2.37. The zero-order chi connectivity index (χ0) is 12.3. The molecule has 92 valence electrons. The van der Waals surface area contributed by atoms with Crippen molar-refractivity contribution in [1.29, 1.82) is 0 Å². The largest absolute Gasteiger partial charge is 0.383 e. The molecule has 2 aromatic heterocycles. The maximum Gasteiger partial charge on any atom is 0.141 e. The number of nitrogens with zero attached hydrogens (tertiary/aromatic N) is 5. The van der Waals surface area contributed by atoms with Crippen molar-refractivity contribution in [2.24, 2.45) is 7.05 Å². The van der Waals surface area contributed by atoms with Crippen molar-refractivity contribution in [3.8, 4) is 0 Å². The van der Waals surface area contributed by atoms with Crippen LogP contribution < -0.4 is 0 Å². The van der Waals surface area contributed by atoms with Crippen molar-refractivity contribution >= 4 is 0 Å². The van der Waals surface area contributed by atoms with E-state index in [4.69, 9.17) is 4.74 Å². The van der Waals surface area contributed by atoms with Crippen LogP contribution in [0, 0.1) is 0 Å². The summed E-state index contributed by atoms with van der Waals surface area (Å²) in [6, 6.07) is 1.76. The molecule has 7 nitrogen and oxygen atoms in total. The molecule has 0 amide bonds. The van der Waals surface area contributed by atoms with Gasteiger partial charge in [0.25, 0.3) is 0 Å². The van der Waals surface area contributed by atoms with Gasteiger partial charge in [-0.05, 0) is 6.07 Å². The van der Waals surface area contributed by atoms with Gasteiger partial charge in [-0.15, -0.1) is 0 Å². The van der Waals surface area contributed by atoms with Crippen LogP contribution in [0.2, 0.25) is 0 Å². The lowest BCUT2D eigenvalue weighted by atomic mass is 10.2. The molecule has 1 N–H and O–H groups in total. The number of aromatic nitrogens is 5. The van der Waals surface area contributed by atoms with Crippen LogP contribution in [-0.2, 0) is 18.3 Å². The van der Waals surface area contributed by atoms with E-state index in [9.17, 15) is 5.11 Å². The molecule has 0 saturated heterocycles. The van der Waals surface area contributed by atoms with Gasteiger partial charge in [0.1, 0.15) is 11.8 Å². The summed E-state index contributed by atoms with van der Waals surface area (Å²) in [7, 11) is 3.33. The molecular weight excluding hydrogens is 222 g/mol. The Morgan fingerprint density at radius 1 is 1.47 bits per heavy atom. The third kappa shape index (κ3) is 2.51. The third-order valence-electron chi connectivity index (χ3n) is 2.43. The van der Waals surface area contributed by atoms with Crippen LogP contribution in [0.3, 0.4) is 0 Å². The molecule has 0 aliphatic heterocycles. The summed E-state index contributed by atoms with van der Waals surface area (Å²) in [6.45, 7) is 1.14. The lowest BCUT2D eigenvalue weighted by Crippen LogP contribution is -2.13. The smallest absolute Gasteiger partial charge is 0.141 e. The second-order valence-corrected chi connectivity index (χ2v) is 3.63. The highest BCUT2D eigenvalue weighted by atomic mass is 16.5. The minimum absolute atomic E-state index is 0.506. The molecule has 1 unspecified atom stereocenters. The maximum absolute atomic E-state index is 10.2. The molecule has 0 fully saturated rings. The lowest BCUT2D eigenvalue weighted by Gasteiger charge is -2.10. The van der Waals surface area contributed by atoms with Gasteiger partial charge in [0.2, 0.25) is 0 Å². The molecule has 0 aliphatic rings. The number of rotatable bonds is 5. The Labute approximate surface area is 98.6 Å². The number of hydrogen-bond donors (Lipinski definition) is 1. The molecule has 0 bridgehead atoms. The SMILES string of the molecule is COCCn1nccc1C(O)c1cnn(C)n1. The Morgan fingerprint density at radius 2 is 2.29 bits per heavy atom. The van der Waals surface area contributed by atoms with Gasteiger partial charge in [-0.25, -0.2) is 0 Å². The third-order valence-corrected chi connectivity index (χ3v) is 2.43. The molecule has 0 spiro atoms. The lowest BCUT2D eigenvalue weighted by molar-refractivity contribution is 0.170. The number of hydrogen-bond acceptors (Lipinski definition) is 5. The first-order valence-electron chi connectivity index (χ1n) is 5.27. The molecule has 0 aliphatic carbocycles. The predicted molar refractivity (Wildman–Crippen MR) is 59.2 cm³/mol. The molecule has 0 radical (unpaired) electrons. The minimum Gasteiger partial charge on any atom is -0.383 e. The van der Waals surface area contributed by atoms with E-state index in [2.05, 4.69) is 15.3 Å². The highest BCUT2D eigenvalue weighted by Crippen LogP contribution is 2.18. The van der Waals surface area contributed by atoms with Crippen molar-refractivity contribution in [2.45, 2.75) is 12.6 Å². The van der Waals surface area contributed by atoms with Gasteiger partial charge in [0.05, 0.1) is 25.0 Å². The van der Waals surface area contributed by atoms with E-state index in [1.807, 2.05) is 0 Å². The van der Waals surface area contributed by atoms with Crippen LogP contribution in [-0.4, -0.2) is 43.6 Å². The van der Waals surface area contributed by atoms with E-state index in [1.54, 1.807) is 37.3 Å². The molecule has 0 aromatic carbocycles. The van der Waals surface area contributed by atoms with E-state index in [-0.39, 0.29) is 0 Å². The van der Waals surface area contributed by atoms with Gasteiger partial charge in [0.15, 0.2) is 0 Å². The summed E-state index contributed by atoms with van der Waals surface area (Å²) in [4.78, 5) is 1.41. The molecule has 2 heterocycles. The van der Waals surface area contributed by atoms with Gasteiger partial charge in [-0.2, -0.15) is 20.1 Å². The second-order valence-electron chi connectivity index (χ2n) is 3.63. The van der Waals surface area contributed by atoms with E-state index < -0.39 is 6.10 Å². The molecule has 7 heteroatoms. The number of aliphatic hydroxyl groups excluding tert-OH is 1. The molecule has 17 heavy (non-hydrogen) atoms. The summed E-state index contributed by atoms with van der Waals surface area (Å²) < 4.78 is 6.68. The predicted octanol–water partition coefficient (Wildman–Crippen LogP) is -0.260. The summed E-state index contributed by atoms with van der Waals surface area (Å²) in [5, 5.41) is 22.3. The second kappa shape index (κ2) is 5.07. The minimum atomic E-state index is -0.817. The average molecular weight is 237 g/mol. The van der Waals surface area contributed by atoms with Crippen LogP contribution in [0.5, 0.6) is 0 Å². The Bertz CT molecular complexity index is 479. The van der Waals surface area contributed by atoms with E-state index >= 15 is 0 Å². The molecule has 0 saturated carbocycles. The quantitative estimate of drug-likeness (QED) is 0.775. The Balaban J connectivity index is 2.18. The van der Waals surface area contributed by atoms with Crippen LogP contribution in [0.1, 0.15) is 17.5 Å². The van der Waals surface area contributed by atoms with E-state index in [0.29, 0.717) is 24.5 Å². The van der Waals surface area contributed by atoms with E-state index in [1.165, 1.54) is 4.80 Å². The van der Waals surface area contributed by atoms with Crippen molar-refractivity contribution in [2.75, 3.05) is 13.7 Å². The number of aryl methyl sites for hydroxylation is 1. The first-order valence-corrected chi connectivity index (χ1v) is 5.27. The van der Waals surface area contributed by atoms with E-state index in [0.717, 1.165) is 0 Å². The van der Waals surface area contributed by atoms with Crippen molar-refractivity contribution in [1.82, 2.24) is 24.8 Å². The van der Waals surface area contributed by atoms with Gasteiger partial charge in [-0.1, -0.05) is 0 Å². The highest BCUT2D eigenvalue weighted by Gasteiger charge is 2.18.